The van der Waals surface area contributed by atoms with Crippen molar-refractivity contribution in [2.75, 3.05) is 5.88 Å². The molecule has 3 heterocycles. The maximum Gasteiger partial charge on any atom is 0.330 e. The first-order chi connectivity index (χ1) is 15.0. The molecule has 31 heavy (non-hydrogen) atoms. The van der Waals surface area contributed by atoms with Gasteiger partial charge in [-0.2, -0.15) is 0 Å². The van der Waals surface area contributed by atoms with E-state index < -0.39 is 11.2 Å². The van der Waals surface area contributed by atoms with Gasteiger partial charge in [0.1, 0.15) is 16.2 Å². The number of rotatable bonds is 5. The lowest BCUT2D eigenvalue weighted by Gasteiger charge is -2.15. The van der Waals surface area contributed by atoms with Crippen LogP contribution in [0.4, 0.5) is 0 Å². The van der Waals surface area contributed by atoms with E-state index in [1.54, 1.807) is 28.8 Å². The van der Waals surface area contributed by atoms with E-state index in [4.69, 9.17) is 0 Å². The number of nitrogens with one attached hydrogen (secondary N) is 1. The molecule has 3 aliphatic rings. The number of amides is 2. The second-order valence-corrected chi connectivity index (χ2v) is 9.01. The summed E-state index contributed by atoms with van der Waals surface area (Å²) in [5.74, 6) is 0.113. The first kappa shape index (κ1) is 18.5. The zero-order valence-corrected chi connectivity index (χ0v) is 17.1. The van der Waals surface area contributed by atoms with Gasteiger partial charge in [0.2, 0.25) is 0 Å². The predicted octanol–water partition coefficient (Wildman–Crippen LogP) is 2.04. The van der Waals surface area contributed by atoms with Crippen LogP contribution in [0.3, 0.4) is 0 Å². The van der Waals surface area contributed by atoms with Crippen LogP contribution < -0.4 is 11.2 Å². The summed E-state index contributed by atoms with van der Waals surface area (Å²) in [7, 11) is 0. The van der Waals surface area contributed by atoms with Crippen molar-refractivity contribution in [3.05, 3.63) is 62.1 Å². The van der Waals surface area contributed by atoms with Crippen LogP contribution in [0.1, 0.15) is 64.2 Å². The Hall–Kier alpha value is -3.27. The second-order valence-electron chi connectivity index (χ2n) is 8.08. The van der Waals surface area contributed by atoms with E-state index in [2.05, 4.69) is 15.0 Å². The molecule has 9 nitrogen and oxygen atoms in total. The third kappa shape index (κ3) is 2.93. The number of carbonyl (C=O) groups is 2. The van der Waals surface area contributed by atoms with Crippen molar-refractivity contribution in [1.29, 1.82) is 0 Å². The number of aromatic amines is 1. The van der Waals surface area contributed by atoms with Crippen molar-refractivity contribution in [2.45, 2.75) is 42.7 Å². The van der Waals surface area contributed by atoms with Crippen LogP contribution in [0, 0.1) is 0 Å². The zero-order valence-electron chi connectivity index (χ0n) is 16.3. The molecule has 1 N–H and O–H groups in total. The van der Waals surface area contributed by atoms with Gasteiger partial charge in [-0.1, -0.05) is 23.9 Å². The van der Waals surface area contributed by atoms with Crippen LogP contribution >= 0.6 is 11.8 Å². The van der Waals surface area contributed by atoms with Gasteiger partial charge < -0.3 is 0 Å². The van der Waals surface area contributed by atoms with E-state index in [0.717, 1.165) is 42.3 Å². The Bertz CT molecular complexity index is 1370. The average Bonchev–Trinajstić information content (AvgIpc) is 3.66. The van der Waals surface area contributed by atoms with Gasteiger partial charge in [-0.05, 0) is 37.8 Å². The van der Waals surface area contributed by atoms with Gasteiger partial charge >= 0.3 is 5.69 Å². The fraction of sp³-hybridized carbons (Fsp3) is 0.333. The van der Waals surface area contributed by atoms with Crippen LogP contribution in [0.2, 0.25) is 0 Å². The quantitative estimate of drug-likeness (QED) is 0.370. The number of benzene rings is 1. The largest absolute Gasteiger partial charge is 0.330 e. The minimum absolute atomic E-state index is 0.0184. The molecule has 0 atom stereocenters. The highest BCUT2D eigenvalue weighted by Gasteiger charge is 2.36. The van der Waals surface area contributed by atoms with Crippen LogP contribution in [-0.4, -0.2) is 42.1 Å². The number of aromatic nitrogens is 4. The topological polar surface area (TPSA) is 118 Å². The maximum atomic E-state index is 12.7. The van der Waals surface area contributed by atoms with Crippen LogP contribution in [0.15, 0.2) is 38.9 Å². The van der Waals surface area contributed by atoms with Gasteiger partial charge in [-0.15, -0.1) is 0 Å². The lowest BCUT2D eigenvalue weighted by molar-refractivity contribution is 0.0684. The molecule has 156 valence electrons. The fourth-order valence-electron chi connectivity index (χ4n) is 3.92. The highest BCUT2D eigenvalue weighted by molar-refractivity contribution is 7.99. The molecule has 2 aromatic heterocycles. The second kappa shape index (κ2) is 6.61. The summed E-state index contributed by atoms with van der Waals surface area (Å²) >= 11 is 1.14. The lowest BCUT2D eigenvalue weighted by Crippen LogP contribution is -2.32. The molecule has 10 heteroatoms. The van der Waals surface area contributed by atoms with E-state index in [-0.39, 0.29) is 35.0 Å². The molecule has 0 radical (unpaired) electrons. The molecule has 1 aromatic carbocycles. The fourth-order valence-corrected chi connectivity index (χ4v) is 4.89. The third-order valence-electron chi connectivity index (χ3n) is 5.83. The molecule has 3 aromatic rings. The van der Waals surface area contributed by atoms with Crippen molar-refractivity contribution in [3.8, 4) is 0 Å². The number of thioether (sulfide) groups is 1. The summed E-state index contributed by atoms with van der Waals surface area (Å²) in [5, 5.41) is 0.622. The Balaban J connectivity index is 1.43. The first-order valence-electron chi connectivity index (χ1n) is 10.2. The predicted molar refractivity (Wildman–Crippen MR) is 112 cm³/mol. The van der Waals surface area contributed by atoms with Gasteiger partial charge in [-0.25, -0.2) is 14.8 Å². The smallest absolute Gasteiger partial charge is 0.274 e. The third-order valence-corrected chi connectivity index (χ3v) is 6.79. The van der Waals surface area contributed by atoms with Crippen LogP contribution in [0.5, 0.6) is 0 Å². The van der Waals surface area contributed by atoms with E-state index >= 15 is 0 Å². The molecule has 0 bridgehead atoms. The molecule has 1 aliphatic heterocycles. The summed E-state index contributed by atoms with van der Waals surface area (Å²) in [5.41, 5.74) is 0.0818. The summed E-state index contributed by atoms with van der Waals surface area (Å²) in [6, 6.07) is 6.73. The number of carbonyl (C=O) groups excluding carboxylic acids is 2. The summed E-state index contributed by atoms with van der Waals surface area (Å²) in [6.07, 6.45) is 3.65. The number of hydrogen-bond donors (Lipinski definition) is 1. The molecular weight excluding hydrogens is 418 g/mol. The first-order valence-corrected chi connectivity index (χ1v) is 11.2. The van der Waals surface area contributed by atoms with Crippen LogP contribution in [-0.2, 0) is 0 Å². The molecule has 0 saturated heterocycles. The van der Waals surface area contributed by atoms with Gasteiger partial charge in [0.05, 0.1) is 17.0 Å². The van der Waals surface area contributed by atoms with E-state index in [1.807, 2.05) is 0 Å². The van der Waals surface area contributed by atoms with Gasteiger partial charge in [0.15, 0.2) is 5.65 Å². The molecule has 0 unspecified atom stereocenters. The number of imide groups is 1. The summed E-state index contributed by atoms with van der Waals surface area (Å²) < 4.78 is 1.55. The summed E-state index contributed by atoms with van der Waals surface area (Å²) in [6.45, 7) is 0. The molecule has 2 fully saturated rings. The standard InChI is InChI=1S/C21H17N5O4S/c27-17-14-16(26(11-7-8-11)21(30)24-17)22-15(10-5-6-10)23-18(14)31-9-25-19(28)12-3-1-2-4-13(12)20(25)29/h1-4,10-11H,5-9H2,(H,24,27,30). The molecular formula is C21H17N5O4S. The highest BCUT2D eigenvalue weighted by atomic mass is 32.2. The van der Waals surface area contributed by atoms with Gasteiger partial charge in [-0.3, -0.25) is 28.8 Å². The Morgan fingerprint density at radius 2 is 1.65 bits per heavy atom. The molecule has 0 spiro atoms. The zero-order chi connectivity index (χ0) is 21.3. The molecule has 2 aliphatic carbocycles. The number of H-pyrrole nitrogens is 1. The Labute approximate surface area is 179 Å². The van der Waals surface area contributed by atoms with Crippen molar-refractivity contribution >= 4 is 34.6 Å². The van der Waals surface area contributed by atoms with Crippen molar-refractivity contribution in [1.82, 2.24) is 24.4 Å². The lowest BCUT2D eigenvalue weighted by atomic mass is 10.1. The Morgan fingerprint density at radius 1 is 0.968 bits per heavy atom. The minimum Gasteiger partial charge on any atom is -0.274 e. The van der Waals surface area contributed by atoms with Gasteiger partial charge in [0, 0.05) is 12.0 Å². The van der Waals surface area contributed by atoms with Crippen molar-refractivity contribution in [3.63, 3.8) is 0 Å². The Kier molecular flexibility index (Phi) is 3.95. The van der Waals surface area contributed by atoms with Crippen molar-refractivity contribution in [2.24, 2.45) is 0 Å². The number of fused-ring (bicyclic) bond motifs is 2. The van der Waals surface area contributed by atoms with Crippen molar-refractivity contribution < 1.29 is 9.59 Å². The number of nitrogens with zero attached hydrogens (tertiary/aromatic N) is 4. The monoisotopic (exact) mass is 435 g/mol. The van der Waals surface area contributed by atoms with Crippen LogP contribution in [0.25, 0.3) is 11.0 Å². The SMILES string of the molecule is O=C1c2ccccc2C(=O)N1CSc1nc(C2CC2)nc2c1c(=O)[nH]c(=O)n2C1CC1. The summed E-state index contributed by atoms with van der Waals surface area (Å²) in [4.78, 5) is 63.3. The van der Waals surface area contributed by atoms with Gasteiger partial charge in [0.25, 0.3) is 17.4 Å². The molecule has 6 rings (SSSR count). The Morgan fingerprint density at radius 3 is 2.26 bits per heavy atom. The van der Waals surface area contributed by atoms with E-state index in [9.17, 15) is 19.2 Å². The maximum absolute atomic E-state index is 12.7. The minimum atomic E-state index is -0.552. The van der Waals surface area contributed by atoms with E-state index in [0.29, 0.717) is 27.6 Å². The highest BCUT2D eigenvalue weighted by Crippen LogP contribution is 2.41. The molecule has 2 amide bonds. The van der Waals surface area contributed by atoms with E-state index in [1.165, 1.54) is 0 Å². The molecule has 2 saturated carbocycles. The normalized spacial score (nSPS) is 18.1. The average molecular weight is 435 g/mol. The number of hydrogen-bond acceptors (Lipinski definition) is 7.